The molecule has 4 aliphatic rings. The van der Waals surface area contributed by atoms with Crippen molar-refractivity contribution < 1.29 is 24.2 Å². The lowest BCUT2D eigenvalue weighted by atomic mass is 9.49. The lowest BCUT2D eigenvalue weighted by Crippen LogP contribution is -2.47. The van der Waals surface area contributed by atoms with Gasteiger partial charge < -0.3 is 19.5 Å². The number of aliphatic hydroxyl groups is 1. The number of nitrogens with zero attached hydrogens (tertiary/aromatic N) is 1. The van der Waals surface area contributed by atoms with Crippen molar-refractivity contribution in [3.05, 3.63) is 0 Å². The summed E-state index contributed by atoms with van der Waals surface area (Å²) in [4.78, 5) is 26.9. The molecule has 4 rings (SSSR count). The van der Waals surface area contributed by atoms with Gasteiger partial charge in [-0.3, -0.25) is 9.59 Å². The number of esters is 2. The molecule has 262 valence electrons. The third kappa shape index (κ3) is 16.5. The molecule has 0 heterocycles. The zero-order valence-corrected chi connectivity index (χ0v) is 29.4. The Kier molecular flexibility index (Phi) is 19.8. The largest absolute Gasteiger partial charge is 0.466 e. The van der Waals surface area contributed by atoms with Crippen molar-refractivity contribution in [2.24, 2.45) is 23.2 Å². The van der Waals surface area contributed by atoms with E-state index in [4.69, 9.17) is 9.47 Å². The number of carbonyl (C=O) groups is 2. The van der Waals surface area contributed by atoms with Gasteiger partial charge in [-0.25, -0.2) is 0 Å². The summed E-state index contributed by atoms with van der Waals surface area (Å²) in [5.41, 5.74) is 0.291. The second-order valence-electron chi connectivity index (χ2n) is 15.4. The number of unbranched alkanes of at least 4 members (excludes halogenated alkanes) is 15. The highest BCUT2D eigenvalue weighted by molar-refractivity contribution is 5.70. The van der Waals surface area contributed by atoms with Gasteiger partial charge in [-0.05, 0) is 107 Å². The average molecular weight is 634 g/mol. The second kappa shape index (κ2) is 23.2. The SMILES string of the molecule is CCCCCCCCCOC(=O)CCCCCCCN(CCO)CCCCCCCCOC(=O)CC12CC3CC(CC(C3)C1)C2. The Bertz CT molecular complexity index is 750. The van der Waals surface area contributed by atoms with Gasteiger partial charge in [-0.2, -0.15) is 0 Å². The minimum Gasteiger partial charge on any atom is -0.466 e. The van der Waals surface area contributed by atoms with Crippen LogP contribution in [0.5, 0.6) is 0 Å². The van der Waals surface area contributed by atoms with Gasteiger partial charge in [0.25, 0.3) is 0 Å². The molecule has 4 fully saturated rings. The Hall–Kier alpha value is -1.14. The standard InChI is InChI=1S/C39H71NO5/c1-2-3-4-5-7-13-18-25-44-37(42)20-15-10-9-12-17-22-40(23-24-41)21-16-11-6-8-14-19-26-45-38(43)33-39-30-34-27-35(31-39)29-36(28-34)32-39/h34-36,41H,2-33H2,1H3. The number of rotatable bonds is 29. The molecule has 0 spiro atoms. The topological polar surface area (TPSA) is 76.1 Å². The smallest absolute Gasteiger partial charge is 0.306 e. The van der Waals surface area contributed by atoms with E-state index in [2.05, 4.69) is 11.8 Å². The van der Waals surface area contributed by atoms with E-state index >= 15 is 0 Å². The molecule has 4 saturated carbocycles. The van der Waals surface area contributed by atoms with E-state index in [1.165, 1.54) is 109 Å². The first-order valence-corrected chi connectivity index (χ1v) is 19.7. The number of hydrogen-bond acceptors (Lipinski definition) is 6. The molecule has 0 aromatic heterocycles. The highest BCUT2D eigenvalue weighted by Gasteiger charge is 2.51. The molecule has 0 atom stereocenters. The summed E-state index contributed by atoms with van der Waals surface area (Å²) < 4.78 is 11.1. The highest BCUT2D eigenvalue weighted by atomic mass is 16.5. The van der Waals surface area contributed by atoms with E-state index in [1.807, 2.05) is 0 Å². The van der Waals surface area contributed by atoms with Crippen LogP contribution in [0.15, 0.2) is 0 Å². The van der Waals surface area contributed by atoms with Crippen molar-refractivity contribution in [1.29, 1.82) is 0 Å². The Balaban J connectivity index is 1.06. The fourth-order valence-corrected chi connectivity index (χ4v) is 9.12. The van der Waals surface area contributed by atoms with Gasteiger partial charge in [0, 0.05) is 13.0 Å². The Morgan fingerprint density at radius 3 is 1.56 bits per heavy atom. The van der Waals surface area contributed by atoms with Crippen molar-refractivity contribution in [1.82, 2.24) is 4.90 Å². The minimum atomic E-state index is -0.0269. The van der Waals surface area contributed by atoms with Gasteiger partial charge in [0.1, 0.15) is 0 Å². The normalized spacial score (nSPS) is 23.6. The molecule has 6 heteroatoms. The predicted molar refractivity (Wildman–Crippen MR) is 184 cm³/mol. The van der Waals surface area contributed by atoms with E-state index in [0.717, 1.165) is 82.3 Å². The molecule has 0 unspecified atom stereocenters. The summed E-state index contributed by atoms with van der Waals surface area (Å²) >= 11 is 0. The predicted octanol–water partition coefficient (Wildman–Crippen LogP) is 9.41. The van der Waals surface area contributed by atoms with Crippen molar-refractivity contribution in [2.75, 3.05) is 39.5 Å². The number of ether oxygens (including phenoxy) is 2. The lowest BCUT2D eigenvalue weighted by molar-refractivity contribution is -0.152. The molecular formula is C39H71NO5. The number of aliphatic hydroxyl groups excluding tert-OH is 1. The monoisotopic (exact) mass is 634 g/mol. The molecule has 4 bridgehead atoms. The van der Waals surface area contributed by atoms with Gasteiger partial charge >= 0.3 is 11.9 Å². The summed E-state index contributed by atoms with van der Waals surface area (Å²) in [6.07, 6.45) is 30.5. The van der Waals surface area contributed by atoms with Gasteiger partial charge in [-0.15, -0.1) is 0 Å². The first-order valence-electron chi connectivity index (χ1n) is 19.7. The highest BCUT2D eigenvalue weighted by Crippen LogP contribution is 2.61. The van der Waals surface area contributed by atoms with Crippen LogP contribution in [0.2, 0.25) is 0 Å². The fourth-order valence-electron chi connectivity index (χ4n) is 9.12. The third-order valence-corrected chi connectivity index (χ3v) is 11.1. The number of carbonyl (C=O) groups excluding carboxylic acids is 2. The van der Waals surface area contributed by atoms with Gasteiger partial charge in [-0.1, -0.05) is 90.4 Å². The molecule has 0 saturated heterocycles. The Labute approximate surface area is 277 Å². The van der Waals surface area contributed by atoms with Crippen LogP contribution in [-0.2, 0) is 19.1 Å². The second-order valence-corrected chi connectivity index (χ2v) is 15.4. The molecule has 4 aliphatic carbocycles. The lowest BCUT2D eigenvalue weighted by Gasteiger charge is -2.56. The van der Waals surface area contributed by atoms with Crippen LogP contribution in [0.1, 0.15) is 174 Å². The van der Waals surface area contributed by atoms with Crippen LogP contribution in [0.4, 0.5) is 0 Å². The van der Waals surface area contributed by atoms with Crippen LogP contribution in [-0.4, -0.2) is 61.4 Å². The van der Waals surface area contributed by atoms with E-state index in [-0.39, 0.29) is 18.5 Å². The van der Waals surface area contributed by atoms with Crippen LogP contribution in [0.3, 0.4) is 0 Å². The molecule has 0 aliphatic heterocycles. The minimum absolute atomic E-state index is 0.0269. The van der Waals surface area contributed by atoms with Crippen LogP contribution >= 0.6 is 0 Å². The first kappa shape index (κ1) is 38.3. The molecule has 1 N–H and O–H groups in total. The van der Waals surface area contributed by atoms with E-state index in [9.17, 15) is 14.7 Å². The van der Waals surface area contributed by atoms with E-state index in [1.54, 1.807) is 0 Å². The van der Waals surface area contributed by atoms with Crippen molar-refractivity contribution >= 4 is 11.9 Å². The Morgan fingerprint density at radius 1 is 0.600 bits per heavy atom. The molecule has 0 amide bonds. The summed E-state index contributed by atoms with van der Waals surface area (Å²) in [6.45, 7) is 6.53. The molecule has 0 aromatic rings. The van der Waals surface area contributed by atoms with Gasteiger partial charge in [0.05, 0.1) is 26.2 Å². The molecular weight excluding hydrogens is 562 g/mol. The van der Waals surface area contributed by atoms with E-state index in [0.29, 0.717) is 31.5 Å². The first-order chi connectivity index (χ1) is 22.0. The maximum Gasteiger partial charge on any atom is 0.306 e. The maximum atomic E-state index is 12.6. The Morgan fingerprint density at radius 2 is 1.04 bits per heavy atom. The molecule has 0 aromatic carbocycles. The summed E-state index contributed by atoms with van der Waals surface area (Å²) in [6, 6.07) is 0. The molecule has 45 heavy (non-hydrogen) atoms. The van der Waals surface area contributed by atoms with Crippen LogP contribution in [0.25, 0.3) is 0 Å². The molecule has 0 radical (unpaired) electrons. The number of hydrogen-bond donors (Lipinski definition) is 1. The zero-order chi connectivity index (χ0) is 32.0. The quantitative estimate of drug-likeness (QED) is 0.0653. The van der Waals surface area contributed by atoms with Crippen molar-refractivity contribution in [3.8, 4) is 0 Å². The van der Waals surface area contributed by atoms with Crippen LogP contribution in [0, 0.1) is 23.2 Å². The summed E-state index contributed by atoms with van der Waals surface area (Å²) in [5, 5.41) is 9.49. The maximum absolute atomic E-state index is 12.6. The summed E-state index contributed by atoms with van der Waals surface area (Å²) in [5.74, 6) is 2.72. The van der Waals surface area contributed by atoms with Gasteiger partial charge in [0.2, 0.25) is 0 Å². The van der Waals surface area contributed by atoms with Crippen molar-refractivity contribution in [2.45, 2.75) is 174 Å². The summed E-state index contributed by atoms with van der Waals surface area (Å²) in [7, 11) is 0. The van der Waals surface area contributed by atoms with Crippen LogP contribution < -0.4 is 0 Å². The average Bonchev–Trinajstić information content (AvgIpc) is 3.00. The van der Waals surface area contributed by atoms with Crippen molar-refractivity contribution in [3.63, 3.8) is 0 Å². The third-order valence-electron chi connectivity index (χ3n) is 11.1. The fraction of sp³-hybridized carbons (Fsp3) is 0.949. The van der Waals surface area contributed by atoms with Gasteiger partial charge in [0.15, 0.2) is 0 Å². The molecule has 6 nitrogen and oxygen atoms in total. The van der Waals surface area contributed by atoms with E-state index < -0.39 is 0 Å². The zero-order valence-electron chi connectivity index (χ0n) is 29.4.